The van der Waals surface area contributed by atoms with E-state index in [4.69, 9.17) is 4.74 Å². The molecule has 0 amide bonds. The standard InChI is InChI=1S/C16H22O2/c17-16-9-3-6-13(16)10-12-7-8-14(15(12)18-16)11-4-1-2-5-11/h13,17H,1-10H2/t13-,16+/m0/s1. The summed E-state index contributed by atoms with van der Waals surface area (Å²) in [6.07, 6.45) is 11.7. The molecule has 0 unspecified atom stereocenters. The third kappa shape index (κ3) is 1.51. The van der Waals surface area contributed by atoms with Gasteiger partial charge in [-0.1, -0.05) is 5.57 Å². The predicted octanol–water partition coefficient (Wildman–Crippen LogP) is 3.81. The Balaban J connectivity index is 1.70. The summed E-state index contributed by atoms with van der Waals surface area (Å²) < 4.78 is 6.12. The zero-order valence-electron chi connectivity index (χ0n) is 11.0. The third-order valence-corrected chi connectivity index (χ3v) is 5.40. The average Bonchev–Trinajstić information content (AvgIpc) is 3.02. The Labute approximate surface area is 109 Å². The molecule has 0 bridgehead atoms. The SMILES string of the molecule is O[C@@]12CCC[C@H]1CC1=C(O2)C(=C2CCCC2)CC1. The minimum Gasteiger partial charge on any atom is -0.462 e. The number of hydrogen-bond donors (Lipinski definition) is 1. The number of rotatable bonds is 0. The molecule has 0 saturated heterocycles. The summed E-state index contributed by atoms with van der Waals surface area (Å²) in [5.41, 5.74) is 4.60. The van der Waals surface area contributed by atoms with Gasteiger partial charge in [0.15, 0.2) is 0 Å². The lowest BCUT2D eigenvalue weighted by molar-refractivity contribution is -0.205. The van der Waals surface area contributed by atoms with E-state index in [2.05, 4.69) is 0 Å². The van der Waals surface area contributed by atoms with E-state index >= 15 is 0 Å². The molecule has 1 heterocycles. The summed E-state index contributed by atoms with van der Waals surface area (Å²) in [7, 11) is 0. The van der Waals surface area contributed by atoms with Gasteiger partial charge in [0.1, 0.15) is 5.76 Å². The predicted molar refractivity (Wildman–Crippen MR) is 69.7 cm³/mol. The smallest absolute Gasteiger partial charge is 0.211 e. The first-order valence-electron chi connectivity index (χ1n) is 7.61. The van der Waals surface area contributed by atoms with Gasteiger partial charge in [0.05, 0.1) is 0 Å². The van der Waals surface area contributed by atoms with Crippen LogP contribution in [-0.2, 0) is 4.74 Å². The first-order valence-corrected chi connectivity index (χ1v) is 7.61. The van der Waals surface area contributed by atoms with Crippen LogP contribution < -0.4 is 0 Å². The highest BCUT2D eigenvalue weighted by atomic mass is 16.6. The fourth-order valence-electron chi connectivity index (χ4n) is 4.39. The van der Waals surface area contributed by atoms with Crippen molar-refractivity contribution in [1.82, 2.24) is 0 Å². The zero-order valence-corrected chi connectivity index (χ0v) is 11.0. The highest BCUT2D eigenvalue weighted by molar-refractivity contribution is 5.43. The fraction of sp³-hybridized carbons (Fsp3) is 0.750. The second-order valence-electron chi connectivity index (χ2n) is 6.46. The Bertz CT molecular complexity index is 438. The molecule has 2 atom stereocenters. The van der Waals surface area contributed by atoms with Crippen LogP contribution >= 0.6 is 0 Å². The van der Waals surface area contributed by atoms with Crippen LogP contribution in [0.3, 0.4) is 0 Å². The van der Waals surface area contributed by atoms with E-state index in [1.54, 1.807) is 5.57 Å². The molecule has 2 heteroatoms. The number of hydrogen-bond acceptors (Lipinski definition) is 2. The molecule has 4 aliphatic rings. The molecule has 0 radical (unpaired) electrons. The summed E-state index contributed by atoms with van der Waals surface area (Å²) in [6, 6.07) is 0. The third-order valence-electron chi connectivity index (χ3n) is 5.40. The van der Waals surface area contributed by atoms with Crippen molar-refractivity contribution in [2.75, 3.05) is 0 Å². The van der Waals surface area contributed by atoms with Crippen LogP contribution in [0.2, 0.25) is 0 Å². The van der Waals surface area contributed by atoms with Gasteiger partial charge in [-0.25, -0.2) is 0 Å². The molecule has 2 nitrogen and oxygen atoms in total. The van der Waals surface area contributed by atoms with E-state index in [0.29, 0.717) is 5.92 Å². The molecular formula is C16H22O2. The van der Waals surface area contributed by atoms with Gasteiger partial charge in [-0.2, -0.15) is 0 Å². The van der Waals surface area contributed by atoms with Crippen molar-refractivity contribution in [3.8, 4) is 0 Å². The van der Waals surface area contributed by atoms with E-state index < -0.39 is 5.79 Å². The van der Waals surface area contributed by atoms with E-state index in [9.17, 15) is 5.11 Å². The molecule has 1 N–H and O–H groups in total. The van der Waals surface area contributed by atoms with Gasteiger partial charge < -0.3 is 9.84 Å². The molecule has 4 rings (SSSR count). The highest BCUT2D eigenvalue weighted by Gasteiger charge is 2.49. The lowest BCUT2D eigenvalue weighted by atomic mass is 9.90. The highest BCUT2D eigenvalue weighted by Crippen LogP contribution is 2.52. The van der Waals surface area contributed by atoms with Crippen LogP contribution in [-0.4, -0.2) is 10.9 Å². The van der Waals surface area contributed by atoms with Gasteiger partial charge in [0.25, 0.3) is 0 Å². The molecule has 0 aromatic rings. The maximum absolute atomic E-state index is 10.6. The molecule has 98 valence electrons. The Kier molecular flexibility index (Phi) is 2.38. The van der Waals surface area contributed by atoms with Crippen molar-refractivity contribution in [3.63, 3.8) is 0 Å². The van der Waals surface area contributed by atoms with Crippen molar-refractivity contribution < 1.29 is 9.84 Å². The van der Waals surface area contributed by atoms with E-state index in [1.807, 2.05) is 0 Å². The number of aliphatic hydroxyl groups is 1. The molecule has 0 aromatic heterocycles. The van der Waals surface area contributed by atoms with Crippen molar-refractivity contribution in [1.29, 1.82) is 0 Å². The molecule has 3 aliphatic carbocycles. The second-order valence-corrected chi connectivity index (χ2v) is 6.46. The van der Waals surface area contributed by atoms with Crippen molar-refractivity contribution in [3.05, 3.63) is 22.5 Å². The summed E-state index contributed by atoms with van der Waals surface area (Å²) in [6.45, 7) is 0. The molecule has 0 aromatic carbocycles. The lowest BCUT2D eigenvalue weighted by Gasteiger charge is -2.36. The van der Waals surface area contributed by atoms with E-state index in [1.165, 1.54) is 49.7 Å². The summed E-state index contributed by atoms with van der Waals surface area (Å²) in [5.74, 6) is 0.657. The van der Waals surface area contributed by atoms with Crippen LogP contribution in [0.1, 0.15) is 64.2 Å². The molecule has 0 spiro atoms. The molecular weight excluding hydrogens is 224 g/mol. The van der Waals surface area contributed by atoms with Gasteiger partial charge in [-0.15, -0.1) is 0 Å². The van der Waals surface area contributed by atoms with Crippen LogP contribution in [0.4, 0.5) is 0 Å². The number of allylic oxidation sites excluding steroid dienone is 3. The van der Waals surface area contributed by atoms with Crippen LogP contribution in [0.25, 0.3) is 0 Å². The zero-order chi connectivity index (χ0) is 12.2. The van der Waals surface area contributed by atoms with Crippen LogP contribution in [0, 0.1) is 5.92 Å². The quantitative estimate of drug-likeness (QED) is 0.704. The van der Waals surface area contributed by atoms with Crippen molar-refractivity contribution >= 4 is 0 Å². The Morgan fingerprint density at radius 3 is 2.67 bits per heavy atom. The maximum Gasteiger partial charge on any atom is 0.211 e. The van der Waals surface area contributed by atoms with Crippen molar-refractivity contribution in [2.45, 2.75) is 70.0 Å². The number of ether oxygens (including phenoxy) is 1. The molecule has 2 fully saturated rings. The summed E-state index contributed by atoms with van der Waals surface area (Å²) >= 11 is 0. The van der Waals surface area contributed by atoms with Gasteiger partial charge in [-0.3, -0.25) is 0 Å². The summed E-state index contributed by atoms with van der Waals surface area (Å²) in [4.78, 5) is 0. The minimum absolute atomic E-state index is 0.365. The van der Waals surface area contributed by atoms with Crippen LogP contribution in [0.15, 0.2) is 22.5 Å². The minimum atomic E-state index is -0.826. The Morgan fingerprint density at radius 1 is 1.00 bits per heavy atom. The normalized spacial score (nSPS) is 39.1. The Hall–Kier alpha value is -0.760. The van der Waals surface area contributed by atoms with Crippen LogP contribution in [0.5, 0.6) is 0 Å². The molecule has 1 aliphatic heterocycles. The average molecular weight is 246 g/mol. The maximum atomic E-state index is 10.6. The monoisotopic (exact) mass is 246 g/mol. The first-order chi connectivity index (χ1) is 8.76. The van der Waals surface area contributed by atoms with Gasteiger partial charge in [0, 0.05) is 12.3 Å². The first kappa shape index (κ1) is 11.1. The lowest BCUT2D eigenvalue weighted by Crippen LogP contribution is -2.39. The van der Waals surface area contributed by atoms with E-state index in [-0.39, 0.29) is 0 Å². The Morgan fingerprint density at radius 2 is 1.83 bits per heavy atom. The summed E-state index contributed by atoms with van der Waals surface area (Å²) in [5, 5.41) is 10.6. The number of fused-ring (bicyclic) bond motifs is 1. The topological polar surface area (TPSA) is 29.5 Å². The molecule has 18 heavy (non-hydrogen) atoms. The van der Waals surface area contributed by atoms with Gasteiger partial charge in [0.2, 0.25) is 5.79 Å². The largest absolute Gasteiger partial charge is 0.462 e. The second kappa shape index (κ2) is 3.86. The molecule has 2 saturated carbocycles. The fourth-order valence-corrected chi connectivity index (χ4v) is 4.39. The van der Waals surface area contributed by atoms with Crippen molar-refractivity contribution in [2.24, 2.45) is 5.92 Å². The van der Waals surface area contributed by atoms with Gasteiger partial charge in [-0.05, 0) is 68.9 Å². The van der Waals surface area contributed by atoms with Gasteiger partial charge >= 0.3 is 0 Å². The van der Waals surface area contributed by atoms with E-state index in [0.717, 1.165) is 31.4 Å².